The zero-order chi connectivity index (χ0) is 19.3. The van der Waals surface area contributed by atoms with E-state index in [4.69, 9.17) is 9.84 Å². The summed E-state index contributed by atoms with van der Waals surface area (Å²) in [5, 5.41) is 9.07. The number of hydrogen-bond acceptors (Lipinski definition) is 4. The lowest BCUT2D eigenvalue weighted by Gasteiger charge is -2.08. The van der Waals surface area contributed by atoms with Crippen LogP contribution in [0.4, 0.5) is 0 Å². The molecule has 1 N–H and O–H groups in total. The first-order chi connectivity index (χ1) is 12.3. The van der Waals surface area contributed by atoms with Crippen LogP contribution in [0.15, 0.2) is 45.3 Å². The average Bonchev–Trinajstić information content (AvgIpc) is 3.41. The van der Waals surface area contributed by atoms with Crippen molar-refractivity contribution in [1.82, 2.24) is 0 Å². The molecule has 3 rings (SSSR count). The van der Waals surface area contributed by atoms with Gasteiger partial charge in [-0.25, -0.2) is 0 Å². The Labute approximate surface area is 169 Å². The molecule has 1 fully saturated rings. The van der Waals surface area contributed by atoms with Crippen LogP contribution < -0.4 is 4.74 Å². The second-order valence-electron chi connectivity index (χ2n) is 6.18. The zero-order valence-electron chi connectivity index (χ0n) is 14.6. The molecule has 2 aromatic rings. The van der Waals surface area contributed by atoms with Gasteiger partial charge < -0.3 is 9.84 Å². The summed E-state index contributed by atoms with van der Waals surface area (Å²) in [5.41, 5.74) is 1.30. The largest absolute Gasteiger partial charge is 0.507 e. The normalized spacial score (nSPS) is 12.8. The van der Waals surface area contributed by atoms with Crippen LogP contribution >= 0.6 is 31.9 Å². The molecule has 0 aliphatic heterocycles. The molecule has 1 saturated carbocycles. The fourth-order valence-electron chi connectivity index (χ4n) is 2.05. The molecule has 0 unspecified atom stereocenters. The van der Waals surface area contributed by atoms with Crippen molar-refractivity contribution < 1.29 is 19.4 Å². The molecule has 26 heavy (non-hydrogen) atoms. The highest BCUT2D eigenvalue weighted by atomic mass is 79.9. The lowest BCUT2D eigenvalue weighted by molar-refractivity contribution is 0.100. The summed E-state index contributed by atoms with van der Waals surface area (Å²) < 4.78 is 7.04. The van der Waals surface area contributed by atoms with E-state index in [9.17, 15) is 9.59 Å². The van der Waals surface area contributed by atoms with Crippen molar-refractivity contribution in [3.8, 4) is 11.5 Å². The van der Waals surface area contributed by atoms with E-state index >= 15 is 0 Å². The quantitative estimate of drug-likeness (QED) is 0.546. The molecule has 1 aliphatic rings. The van der Waals surface area contributed by atoms with Crippen molar-refractivity contribution in [3.05, 3.63) is 56.5 Å². The van der Waals surface area contributed by atoms with Gasteiger partial charge in [-0.3, -0.25) is 9.59 Å². The van der Waals surface area contributed by atoms with Crippen molar-refractivity contribution in [1.29, 1.82) is 0 Å². The number of aromatic hydroxyl groups is 1. The summed E-state index contributed by atoms with van der Waals surface area (Å²) in [6.45, 7) is 3.84. The first kappa shape index (κ1) is 20.6. The molecule has 0 heterocycles. The van der Waals surface area contributed by atoms with Crippen LogP contribution in [0, 0.1) is 5.92 Å². The first-order valence-electron chi connectivity index (χ1n) is 8.20. The van der Waals surface area contributed by atoms with Crippen molar-refractivity contribution >= 4 is 43.4 Å². The van der Waals surface area contributed by atoms with Gasteiger partial charge in [0, 0.05) is 11.1 Å². The number of hydrogen-bond donors (Lipinski definition) is 1. The Bertz CT molecular complexity index is 813. The molecule has 0 radical (unpaired) electrons. The molecule has 0 spiro atoms. The third-order valence-corrected chi connectivity index (χ3v) is 5.12. The minimum atomic E-state index is -0.00861. The Morgan fingerprint density at radius 3 is 2.00 bits per heavy atom. The number of phenols is 1. The van der Waals surface area contributed by atoms with Crippen molar-refractivity contribution in [2.75, 3.05) is 6.61 Å². The Kier molecular flexibility index (Phi) is 7.41. The average molecular weight is 484 g/mol. The van der Waals surface area contributed by atoms with E-state index in [1.54, 1.807) is 25.1 Å². The van der Waals surface area contributed by atoms with Crippen LogP contribution in [0.25, 0.3) is 0 Å². The maximum Gasteiger partial charge on any atom is 0.159 e. The molecular formula is C20H20Br2O4. The highest BCUT2D eigenvalue weighted by molar-refractivity contribution is 9.10. The topological polar surface area (TPSA) is 63.6 Å². The number of rotatable bonds is 5. The molecule has 6 heteroatoms. The van der Waals surface area contributed by atoms with E-state index < -0.39 is 0 Å². The number of ketones is 2. The third-order valence-electron chi connectivity index (χ3n) is 3.86. The summed E-state index contributed by atoms with van der Waals surface area (Å²) in [6, 6.07) is 10.1. The highest BCUT2D eigenvalue weighted by Crippen LogP contribution is 2.32. The standard InChI is InChI=1S/C12H13BrO2.C8H7BrO2/c1-8(14)10-4-5-12(11(13)6-10)15-7-9-2-3-9;1-5(10)6-2-3-8(11)7(9)4-6/h4-6,9H,2-3,7H2,1H3;2-4,11H,1H3. The van der Waals surface area contributed by atoms with Gasteiger partial charge in [0.25, 0.3) is 0 Å². The Balaban J connectivity index is 0.000000197. The molecule has 0 aromatic heterocycles. The number of benzene rings is 2. The number of phenolic OH excluding ortho intramolecular Hbond substituents is 1. The van der Waals surface area contributed by atoms with Crippen LogP contribution in [0.3, 0.4) is 0 Å². The molecule has 0 amide bonds. The SMILES string of the molecule is CC(=O)c1ccc(O)c(Br)c1.CC(=O)c1ccc(OCC2CC2)c(Br)c1. The molecule has 0 bridgehead atoms. The van der Waals surface area contributed by atoms with Crippen molar-refractivity contribution in [2.45, 2.75) is 26.7 Å². The summed E-state index contributed by atoms with van der Waals surface area (Å²) in [5.74, 6) is 1.78. The first-order valence-corrected chi connectivity index (χ1v) is 9.79. The van der Waals surface area contributed by atoms with Crippen molar-refractivity contribution in [3.63, 3.8) is 0 Å². The molecular weight excluding hydrogens is 464 g/mol. The number of carbonyl (C=O) groups is 2. The van der Waals surface area contributed by atoms with E-state index in [0.29, 0.717) is 15.6 Å². The van der Waals surface area contributed by atoms with Crippen molar-refractivity contribution in [2.24, 2.45) is 5.92 Å². The van der Waals surface area contributed by atoms with E-state index in [-0.39, 0.29) is 17.3 Å². The Morgan fingerprint density at radius 1 is 1.00 bits per heavy atom. The van der Waals surface area contributed by atoms with Gasteiger partial charge in [0.1, 0.15) is 11.5 Å². The highest BCUT2D eigenvalue weighted by Gasteiger charge is 2.22. The summed E-state index contributed by atoms with van der Waals surface area (Å²) in [7, 11) is 0. The number of halogens is 2. The van der Waals surface area contributed by atoms with Gasteiger partial charge in [0.2, 0.25) is 0 Å². The fraction of sp³-hybridized carbons (Fsp3) is 0.300. The molecule has 0 saturated heterocycles. The summed E-state index contributed by atoms with van der Waals surface area (Å²) in [6.07, 6.45) is 2.56. The second-order valence-corrected chi connectivity index (χ2v) is 7.89. The van der Waals surface area contributed by atoms with Crippen LogP contribution in [0.5, 0.6) is 11.5 Å². The molecule has 0 atom stereocenters. The zero-order valence-corrected chi connectivity index (χ0v) is 17.8. The van der Waals surface area contributed by atoms with E-state index in [2.05, 4.69) is 31.9 Å². The fourth-order valence-corrected chi connectivity index (χ4v) is 2.93. The van der Waals surface area contributed by atoms with Gasteiger partial charge in [-0.15, -0.1) is 0 Å². The van der Waals surface area contributed by atoms with Gasteiger partial charge >= 0.3 is 0 Å². The maximum atomic E-state index is 11.1. The number of ether oxygens (including phenoxy) is 1. The third kappa shape index (κ3) is 6.25. The Morgan fingerprint density at radius 2 is 1.54 bits per heavy atom. The monoisotopic (exact) mass is 482 g/mol. The van der Waals surface area contributed by atoms with Gasteiger partial charge in [-0.2, -0.15) is 0 Å². The lowest BCUT2D eigenvalue weighted by Crippen LogP contribution is -2.00. The number of carbonyl (C=O) groups excluding carboxylic acids is 2. The summed E-state index contributed by atoms with van der Waals surface area (Å²) >= 11 is 6.52. The molecule has 138 valence electrons. The molecule has 1 aliphatic carbocycles. The van der Waals surface area contributed by atoms with Gasteiger partial charge in [-0.1, -0.05) is 0 Å². The second kappa shape index (κ2) is 9.33. The summed E-state index contributed by atoms with van der Waals surface area (Å²) in [4.78, 5) is 21.9. The van der Waals surface area contributed by atoms with E-state index in [0.717, 1.165) is 22.7 Å². The molecule has 2 aromatic carbocycles. The van der Waals surface area contributed by atoms with E-state index in [1.807, 2.05) is 12.1 Å². The number of Topliss-reactive ketones (excluding diaryl/α,β-unsaturated/α-hetero) is 2. The maximum absolute atomic E-state index is 11.1. The smallest absolute Gasteiger partial charge is 0.159 e. The van der Waals surface area contributed by atoms with Gasteiger partial charge in [-0.05, 0) is 101 Å². The van der Waals surface area contributed by atoms with Crippen LogP contribution in [0.1, 0.15) is 47.4 Å². The van der Waals surface area contributed by atoms with E-state index in [1.165, 1.54) is 25.8 Å². The van der Waals surface area contributed by atoms with Gasteiger partial charge in [0.05, 0.1) is 15.6 Å². The minimum absolute atomic E-state index is 0.00861. The molecule has 4 nitrogen and oxygen atoms in total. The van der Waals surface area contributed by atoms with Crippen LogP contribution in [-0.4, -0.2) is 23.3 Å². The minimum Gasteiger partial charge on any atom is -0.507 e. The lowest BCUT2D eigenvalue weighted by atomic mass is 10.1. The predicted molar refractivity (Wildman–Crippen MR) is 108 cm³/mol. The Hall–Kier alpha value is -1.66. The van der Waals surface area contributed by atoms with Crippen LogP contribution in [0.2, 0.25) is 0 Å². The predicted octanol–water partition coefficient (Wildman–Crippen LogP) is 5.80. The van der Waals surface area contributed by atoms with Crippen LogP contribution in [-0.2, 0) is 0 Å². The van der Waals surface area contributed by atoms with Gasteiger partial charge in [0.15, 0.2) is 11.6 Å².